The summed E-state index contributed by atoms with van der Waals surface area (Å²) < 4.78 is 2.54. The summed E-state index contributed by atoms with van der Waals surface area (Å²) in [5.41, 5.74) is 2.36. The van der Waals surface area contributed by atoms with Crippen molar-refractivity contribution in [1.82, 2.24) is 24.4 Å². The van der Waals surface area contributed by atoms with Crippen molar-refractivity contribution in [2.24, 2.45) is 11.8 Å². The van der Waals surface area contributed by atoms with Gasteiger partial charge in [0.1, 0.15) is 0 Å². The lowest BCUT2D eigenvalue weighted by molar-refractivity contribution is -0.0415. The fourth-order valence-corrected chi connectivity index (χ4v) is 8.28. The summed E-state index contributed by atoms with van der Waals surface area (Å²) in [6.45, 7) is 0. The molecule has 0 spiro atoms. The third-order valence-electron chi connectivity index (χ3n) is 9.45. The van der Waals surface area contributed by atoms with Crippen molar-refractivity contribution in [1.29, 1.82) is 0 Å². The molecule has 5 heteroatoms. The van der Waals surface area contributed by atoms with E-state index in [0.29, 0.717) is 6.04 Å². The van der Waals surface area contributed by atoms with E-state index >= 15 is 0 Å². The van der Waals surface area contributed by atoms with E-state index in [0.717, 1.165) is 47.1 Å². The van der Waals surface area contributed by atoms with E-state index in [2.05, 4.69) is 43.7 Å². The molecule has 2 aliphatic heterocycles. The Morgan fingerprint density at radius 3 is 2.24 bits per heavy atom. The van der Waals surface area contributed by atoms with Gasteiger partial charge in [0, 0.05) is 36.6 Å². The molecule has 4 heterocycles. The molecule has 2 saturated carbocycles. The predicted molar refractivity (Wildman–Crippen MR) is 132 cm³/mol. The Bertz CT molecular complexity index is 1070. The van der Waals surface area contributed by atoms with Crippen molar-refractivity contribution in [2.45, 2.75) is 101 Å². The van der Waals surface area contributed by atoms with E-state index in [1.54, 1.807) is 0 Å². The molecular formula is C28H37N5. The molecule has 33 heavy (non-hydrogen) atoms. The van der Waals surface area contributed by atoms with Gasteiger partial charge in [-0.25, -0.2) is 9.97 Å². The smallest absolute Gasteiger partial charge is 0.177 e. The number of imidazole rings is 2. The minimum atomic E-state index is 0.509. The Hall–Kier alpha value is -2.14. The van der Waals surface area contributed by atoms with Crippen LogP contribution in [0, 0.1) is 11.8 Å². The standard InChI is InChI=1S/C28H37N5/c1-2-7-20-14-19(6-1)15-23(16-20)32-21-8-5-9-22(32)18-24(17-21)33-26-11-4-3-10-25(26)31-28(33)27-29-12-13-30-27/h3-4,10-13,19-24H,1-2,5-9,14-18H2,(H,29,30)/t19-,20+,21-,22+,23-,24+. The first-order valence-electron chi connectivity index (χ1n) is 13.6. The van der Waals surface area contributed by atoms with E-state index in [4.69, 9.17) is 4.98 Å². The van der Waals surface area contributed by atoms with E-state index in [1.165, 1.54) is 82.6 Å². The monoisotopic (exact) mass is 443 g/mol. The van der Waals surface area contributed by atoms with E-state index in [9.17, 15) is 0 Å². The number of hydrogen-bond donors (Lipinski definition) is 1. The fraction of sp³-hybridized carbons (Fsp3) is 0.643. The highest BCUT2D eigenvalue weighted by atomic mass is 15.3. The molecule has 2 saturated heterocycles. The lowest BCUT2D eigenvalue weighted by Gasteiger charge is -2.54. The number of aromatic nitrogens is 4. The van der Waals surface area contributed by atoms with Gasteiger partial charge in [-0.3, -0.25) is 4.90 Å². The van der Waals surface area contributed by atoms with Crippen molar-refractivity contribution < 1.29 is 0 Å². The van der Waals surface area contributed by atoms with Gasteiger partial charge in [0.05, 0.1) is 11.0 Å². The Labute approximate surface area is 197 Å². The molecule has 0 unspecified atom stereocenters. The number of piperidine rings is 2. The maximum absolute atomic E-state index is 5.04. The normalized spacial score (nSPS) is 34.9. The third kappa shape index (κ3) is 3.54. The highest BCUT2D eigenvalue weighted by Gasteiger charge is 2.45. The molecule has 4 aliphatic rings. The van der Waals surface area contributed by atoms with Crippen LogP contribution in [-0.4, -0.2) is 42.5 Å². The van der Waals surface area contributed by atoms with Gasteiger partial charge in [-0.1, -0.05) is 44.2 Å². The largest absolute Gasteiger partial charge is 0.342 e. The summed E-state index contributed by atoms with van der Waals surface area (Å²) in [4.78, 5) is 16.0. The molecule has 4 bridgehead atoms. The molecule has 3 aromatic rings. The van der Waals surface area contributed by atoms with Crippen molar-refractivity contribution in [3.63, 3.8) is 0 Å². The van der Waals surface area contributed by atoms with Crippen LogP contribution in [0.3, 0.4) is 0 Å². The molecule has 7 rings (SSSR count). The van der Waals surface area contributed by atoms with Gasteiger partial charge in [0.15, 0.2) is 11.6 Å². The Balaban J connectivity index is 1.22. The number of hydrogen-bond acceptors (Lipinski definition) is 3. The van der Waals surface area contributed by atoms with Gasteiger partial charge < -0.3 is 9.55 Å². The van der Waals surface area contributed by atoms with Gasteiger partial charge in [-0.15, -0.1) is 0 Å². The van der Waals surface area contributed by atoms with Crippen LogP contribution in [-0.2, 0) is 0 Å². The molecule has 0 radical (unpaired) electrons. The first-order chi connectivity index (χ1) is 16.3. The lowest BCUT2D eigenvalue weighted by atomic mass is 9.73. The van der Waals surface area contributed by atoms with Gasteiger partial charge >= 0.3 is 0 Å². The van der Waals surface area contributed by atoms with Crippen LogP contribution in [0.25, 0.3) is 22.7 Å². The van der Waals surface area contributed by atoms with Crippen LogP contribution >= 0.6 is 0 Å². The van der Waals surface area contributed by atoms with Crippen molar-refractivity contribution in [3.05, 3.63) is 36.7 Å². The molecular weight excluding hydrogens is 406 g/mol. The molecule has 0 amide bonds. The molecule has 2 aromatic heterocycles. The van der Waals surface area contributed by atoms with Gasteiger partial charge in [-0.05, 0) is 68.9 Å². The summed E-state index contributed by atoms with van der Waals surface area (Å²) in [5.74, 6) is 3.91. The first-order valence-corrected chi connectivity index (χ1v) is 13.6. The number of para-hydroxylation sites is 2. The van der Waals surface area contributed by atoms with Crippen LogP contribution < -0.4 is 0 Å². The Morgan fingerprint density at radius 2 is 1.52 bits per heavy atom. The summed E-state index contributed by atoms with van der Waals surface area (Å²) in [6.07, 6.45) is 20.9. The summed E-state index contributed by atoms with van der Waals surface area (Å²) in [5, 5.41) is 0. The minimum Gasteiger partial charge on any atom is -0.342 e. The molecule has 1 aromatic carbocycles. The van der Waals surface area contributed by atoms with Gasteiger partial charge in [0.25, 0.3) is 0 Å². The average molecular weight is 444 g/mol. The number of benzene rings is 1. The molecule has 6 atom stereocenters. The lowest BCUT2D eigenvalue weighted by Crippen LogP contribution is -2.58. The summed E-state index contributed by atoms with van der Waals surface area (Å²) in [6, 6.07) is 11.5. The summed E-state index contributed by atoms with van der Waals surface area (Å²) >= 11 is 0. The third-order valence-corrected chi connectivity index (χ3v) is 9.45. The zero-order valence-corrected chi connectivity index (χ0v) is 19.7. The molecule has 4 fully saturated rings. The van der Waals surface area contributed by atoms with Crippen LogP contribution in [0.15, 0.2) is 36.7 Å². The van der Waals surface area contributed by atoms with Crippen LogP contribution in [0.5, 0.6) is 0 Å². The van der Waals surface area contributed by atoms with Crippen LogP contribution in [0.4, 0.5) is 0 Å². The molecule has 2 aliphatic carbocycles. The zero-order valence-electron chi connectivity index (χ0n) is 19.7. The number of H-pyrrole nitrogens is 1. The van der Waals surface area contributed by atoms with Crippen molar-refractivity contribution in [3.8, 4) is 11.6 Å². The Morgan fingerprint density at radius 1 is 0.758 bits per heavy atom. The SMILES string of the molecule is c1ccc2c(c1)nc(-c1ncc[nH]1)n2[C@H]1C[C@H]2CCC[C@@H](C1)N2[C@@H]1C[C@@H]2CCCC[C@@H](C2)C1. The number of fused-ring (bicyclic) bond motifs is 5. The number of nitrogens with zero attached hydrogens (tertiary/aromatic N) is 4. The molecule has 174 valence electrons. The maximum atomic E-state index is 5.04. The van der Waals surface area contributed by atoms with Gasteiger partial charge in [0.2, 0.25) is 0 Å². The number of aromatic amines is 1. The second-order valence-corrected chi connectivity index (χ2v) is 11.4. The second kappa shape index (κ2) is 8.26. The summed E-state index contributed by atoms with van der Waals surface area (Å²) in [7, 11) is 0. The van der Waals surface area contributed by atoms with Crippen LogP contribution in [0.2, 0.25) is 0 Å². The van der Waals surface area contributed by atoms with E-state index in [1.807, 2.05) is 12.4 Å². The van der Waals surface area contributed by atoms with E-state index < -0.39 is 0 Å². The zero-order chi connectivity index (χ0) is 21.8. The topological polar surface area (TPSA) is 49.7 Å². The van der Waals surface area contributed by atoms with Gasteiger partial charge in [-0.2, -0.15) is 0 Å². The average Bonchev–Trinajstić information content (AvgIpc) is 3.45. The molecule has 1 N–H and O–H groups in total. The highest BCUT2D eigenvalue weighted by molar-refractivity contribution is 5.79. The maximum Gasteiger partial charge on any atom is 0.177 e. The first kappa shape index (κ1) is 20.3. The minimum absolute atomic E-state index is 0.509. The number of rotatable bonds is 3. The van der Waals surface area contributed by atoms with Crippen molar-refractivity contribution >= 4 is 11.0 Å². The second-order valence-electron chi connectivity index (χ2n) is 11.4. The predicted octanol–water partition coefficient (Wildman–Crippen LogP) is 6.34. The highest BCUT2D eigenvalue weighted by Crippen LogP contribution is 2.47. The van der Waals surface area contributed by atoms with E-state index in [-0.39, 0.29) is 0 Å². The quantitative estimate of drug-likeness (QED) is 0.514. The fourth-order valence-electron chi connectivity index (χ4n) is 8.28. The Kier molecular flexibility index (Phi) is 5.07. The van der Waals surface area contributed by atoms with Crippen LogP contribution in [0.1, 0.15) is 83.1 Å². The van der Waals surface area contributed by atoms with Crippen molar-refractivity contribution in [2.75, 3.05) is 0 Å². The number of nitrogens with one attached hydrogen (secondary N) is 1. The molecule has 5 nitrogen and oxygen atoms in total.